The molecule has 0 amide bonds. The second-order valence-corrected chi connectivity index (χ2v) is 11.5. The van der Waals surface area contributed by atoms with Crippen LogP contribution >= 0.6 is 47.1 Å². The molecule has 148 valence electrons. The minimum absolute atomic E-state index is 0. The first kappa shape index (κ1) is 28.5. The molecule has 2 N–H and O–H groups in total. The van der Waals surface area contributed by atoms with Crippen LogP contribution in [-0.2, 0) is 20.2 Å². The van der Waals surface area contributed by atoms with E-state index in [0.717, 1.165) is 11.0 Å². The number of hydrogen-bond acceptors (Lipinski definition) is 10. The van der Waals surface area contributed by atoms with E-state index in [9.17, 15) is 25.9 Å². The molecule has 0 aliphatic heterocycles. The molecule has 8 nitrogen and oxygen atoms in total. The summed E-state index contributed by atoms with van der Waals surface area (Å²) in [6.07, 6.45) is 0. The molecule has 2 heterocycles. The topological polar surface area (TPSA) is 146 Å². The Balaban J connectivity index is 0.000000281. The standard InChI is InChI=1S/2C7H5NO3S3.2Na/c2*9-14(10,11)4-1-2-5-6(3-4)13-7(12)8-5;;/h2*1-3H,(H,8,12)(H,9,10,11);;/q;;2*+1/p-2. The molecule has 0 saturated heterocycles. The Morgan fingerprint density at radius 2 is 1.03 bits per heavy atom. The molecule has 0 bridgehead atoms. The van der Waals surface area contributed by atoms with Crippen LogP contribution in [0.3, 0.4) is 0 Å². The van der Waals surface area contributed by atoms with Gasteiger partial charge < -0.3 is 19.1 Å². The third-order valence-corrected chi connectivity index (χ3v) is 7.42. The summed E-state index contributed by atoms with van der Waals surface area (Å²) in [6, 6.07) is 8.26. The Morgan fingerprint density at radius 1 is 0.700 bits per heavy atom. The molecular formula is C14H8N2Na2O6S6. The van der Waals surface area contributed by atoms with Crippen LogP contribution in [0, 0.1) is 7.91 Å². The van der Waals surface area contributed by atoms with Gasteiger partial charge in [0.05, 0.1) is 30.2 Å². The molecule has 0 saturated carbocycles. The van der Waals surface area contributed by atoms with Gasteiger partial charge in [-0.15, -0.1) is 22.7 Å². The largest absolute Gasteiger partial charge is 1.00 e. The molecule has 30 heavy (non-hydrogen) atoms. The van der Waals surface area contributed by atoms with Crippen LogP contribution < -0.4 is 59.1 Å². The predicted molar refractivity (Wildman–Crippen MR) is 110 cm³/mol. The first-order valence-corrected chi connectivity index (χ1v) is 12.4. The zero-order valence-electron chi connectivity index (χ0n) is 15.4. The van der Waals surface area contributed by atoms with Crippen LogP contribution in [0.25, 0.3) is 20.4 Å². The van der Waals surface area contributed by atoms with Crippen molar-refractivity contribution in [3.63, 3.8) is 0 Å². The third-order valence-electron chi connectivity index (χ3n) is 3.36. The fraction of sp³-hybridized carbons (Fsp3) is 0. The van der Waals surface area contributed by atoms with Crippen molar-refractivity contribution in [2.75, 3.05) is 0 Å². The SMILES string of the molecule is O=S(=O)([O-])c1ccc2[nH]c(=S)sc2c1.O=S(=O)([O-])c1ccc2[nH]c(=S)sc2c1.[Na+].[Na+]. The predicted octanol–water partition coefficient (Wildman–Crippen LogP) is -2.27. The zero-order chi connectivity index (χ0) is 20.7. The van der Waals surface area contributed by atoms with Gasteiger partial charge in [0.25, 0.3) is 0 Å². The summed E-state index contributed by atoms with van der Waals surface area (Å²) in [5.41, 5.74) is 1.49. The summed E-state index contributed by atoms with van der Waals surface area (Å²) >= 11 is 12.2. The van der Waals surface area contributed by atoms with Gasteiger partial charge in [0.2, 0.25) is 0 Å². The minimum atomic E-state index is -4.38. The molecule has 0 radical (unpaired) electrons. The van der Waals surface area contributed by atoms with E-state index in [1.165, 1.54) is 59.1 Å². The molecule has 4 aromatic rings. The smallest absolute Gasteiger partial charge is 0.744 e. The molecule has 16 heteroatoms. The number of H-pyrrole nitrogens is 2. The number of fused-ring (bicyclic) bond motifs is 2. The van der Waals surface area contributed by atoms with Crippen molar-refractivity contribution < 1.29 is 85.1 Å². The average molecular weight is 539 g/mol. The van der Waals surface area contributed by atoms with Gasteiger partial charge in [-0.3, -0.25) is 0 Å². The fourth-order valence-corrected chi connectivity index (χ4v) is 5.62. The first-order chi connectivity index (χ1) is 12.9. The maximum atomic E-state index is 10.7. The Bertz CT molecular complexity index is 1400. The summed E-state index contributed by atoms with van der Waals surface area (Å²) in [5, 5.41) is 0. The maximum Gasteiger partial charge on any atom is 1.00 e. The number of benzene rings is 2. The summed E-state index contributed by atoms with van der Waals surface area (Å²) in [6.45, 7) is 0. The number of hydrogen-bond donors (Lipinski definition) is 2. The van der Waals surface area contributed by atoms with E-state index in [-0.39, 0.29) is 68.9 Å². The summed E-state index contributed by atoms with van der Waals surface area (Å²) < 4.78 is 66.6. The van der Waals surface area contributed by atoms with E-state index in [1.807, 2.05) is 0 Å². The number of nitrogens with one attached hydrogen (secondary N) is 2. The quantitative estimate of drug-likeness (QED) is 0.165. The average Bonchev–Trinajstić information content (AvgIpc) is 3.12. The molecular weight excluding hydrogens is 531 g/mol. The number of aromatic nitrogens is 2. The molecule has 0 aliphatic carbocycles. The van der Waals surface area contributed by atoms with Crippen LogP contribution in [-0.4, -0.2) is 35.9 Å². The van der Waals surface area contributed by atoms with E-state index in [2.05, 4.69) is 9.97 Å². The van der Waals surface area contributed by atoms with Crippen LogP contribution in [0.1, 0.15) is 0 Å². The van der Waals surface area contributed by atoms with Gasteiger partial charge in [-0.2, -0.15) is 0 Å². The molecule has 0 aliphatic rings. The number of thiazole rings is 2. The number of rotatable bonds is 2. The van der Waals surface area contributed by atoms with E-state index in [4.69, 9.17) is 24.4 Å². The Kier molecular flexibility index (Phi) is 10.5. The Labute approximate surface area is 233 Å². The normalized spacial score (nSPS) is 11.3. The maximum absolute atomic E-state index is 10.7. The van der Waals surface area contributed by atoms with Crippen LogP contribution in [0.2, 0.25) is 0 Å². The Morgan fingerprint density at radius 3 is 1.33 bits per heavy atom. The van der Waals surface area contributed by atoms with Gasteiger partial charge in [-0.1, -0.05) is 0 Å². The van der Waals surface area contributed by atoms with Crippen LogP contribution in [0.15, 0.2) is 46.2 Å². The van der Waals surface area contributed by atoms with Crippen molar-refractivity contribution in [2.24, 2.45) is 0 Å². The molecule has 0 unspecified atom stereocenters. The van der Waals surface area contributed by atoms with Crippen molar-refractivity contribution in [1.29, 1.82) is 0 Å². The van der Waals surface area contributed by atoms with Gasteiger partial charge in [-0.05, 0) is 60.8 Å². The van der Waals surface area contributed by atoms with Crippen molar-refractivity contribution >= 4 is 87.8 Å². The molecule has 0 fully saturated rings. The van der Waals surface area contributed by atoms with Crippen LogP contribution in [0.4, 0.5) is 0 Å². The Hall–Kier alpha value is 0.480. The van der Waals surface area contributed by atoms with Crippen molar-refractivity contribution in [3.05, 3.63) is 44.3 Å². The van der Waals surface area contributed by atoms with E-state index >= 15 is 0 Å². The molecule has 2 aromatic carbocycles. The number of aromatic amines is 2. The molecule has 4 rings (SSSR count). The summed E-state index contributed by atoms with van der Waals surface area (Å²) in [5.74, 6) is 0. The van der Waals surface area contributed by atoms with Crippen molar-refractivity contribution in [2.45, 2.75) is 9.79 Å². The first-order valence-electron chi connectivity index (χ1n) is 7.11. The van der Waals surface area contributed by atoms with Gasteiger partial charge in [0, 0.05) is 0 Å². The van der Waals surface area contributed by atoms with Crippen LogP contribution in [0.5, 0.6) is 0 Å². The molecule has 0 atom stereocenters. The second-order valence-electron chi connectivity index (χ2n) is 5.25. The van der Waals surface area contributed by atoms with E-state index in [1.54, 1.807) is 0 Å². The fourth-order valence-electron chi connectivity index (χ4n) is 2.16. The van der Waals surface area contributed by atoms with E-state index in [0.29, 0.717) is 17.3 Å². The monoisotopic (exact) mass is 538 g/mol. The van der Waals surface area contributed by atoms with Gasteiger partial charge in [0.15, 0.2) is 7.91 Å². The summed E-state index contributed by atoms with van der Waals surface area (Å²) in [7, 11) is -8.75. The van der Waals surface area contributed by atoms with E-state index < -0.39 is 20.2 Å². The molecule has 0 spiro atoms. The third kappa shape index (κ3) is 7.25. The minimum Gasteiger partial charge on any atom is -0.744 e. The van der Waals surface area contributed by atoms with Gasteiger partial charge in [-0.25, -0.2) is 16.8 Å². The zero-order valence-corrected chi connectivity index (χ0v) is 24.3. The summed E-state index contributed by atoms with van der Waals surface area (Å²) in [4.78, 5) is 5.29. The van der Waals surface area contributed by atoms with Gasteiger partial charge in [0.1, 0.15) is 20.2 Å². The van der Waals surface area contributed by atoms with Crippen molar-refractivity contribution in [1.82, 2.24) is 9.97 Å². The van der Waals surface area contributed by atoms with Gasteiger partial charge >= 0.3 is 59.1 Å². The second kappa shape index (κ2) is 11.1. The van der Waals surface area contributed by atoms with Crippen molar-refractivity contribution in [3.8, 4) is 0 Å². The molecule has 2 aromatic heterocycles.